The van der Waals surface area contributed by atoms with Crippen LogP contribution in [0, 0.1) is 6.92 Å². The standard InChI is InChI=1S/C30H27NS/c1-3-20-16-28(31-18-19(20)2)23-12-14-29-27(15-23)26-13-11-22(17-30(26)32-29)25-10-6-8-21-7-4-5-9-24(21)25/h6,8,10-18H,3-5,7,9H2,1-2H3. The Morgan fingerprint density at radius 3 is 2.62 bits per heavy atom. The van der Waals surface area contributed by atoms with Crippen molar-refractivity contribution in [2.24, 2.45) is 0 Å². The van der Waals surface area contributed by atoms with Crippen molar-refractivity contribution in [1.82, 2.24) is 4.98 Å². The van der Waals surface area contributed by atoms with Crippen LogP contribution in [-0.2, 0) is 19.3 Å². The van der Waals surface area contributed by atoms with E-state index in [9.17, 15) is 0 Å². The number of thiophene rings is 1. The van der Waals surface area contributed by atoms with Crippen LogP contribution < -0.4 is 0 Å². The second-order valence-electron chi connectivity index (χ2n) is 9.02. The van der Waals surface area contributed by atoms with Crippen LogP contribution in [0.4, 0.5) is 0 Å². The monoisotopic (exact) mass is 433 g/mol. The third kappa shape index (κ3) is 3.25. The molecule has 2 aromatic heterocycles. The van der Waals surface area contributed by atoms with Crippen molar-refractivity contribution >= 4 is 31.5 Å². The summed E-state index contributed by atoms with van der Waals surface area (Å²) >= 11 is 1.90. The molecule has 0 unspecified atom stereocenters. The fourth-order valence-electron chi connectivity index (χ4n) is 5.26. The molecular formula is C30H27NS. The zero-order chi connectivity index (χ0) is 21.7. The van der Waals surface area contributed by atoms with E-state index in [-0.39, 0.29) is 0 Å². The number of nitrogens with zero attached hydrogens (tertiary/aromatic N) is 1. The van der Waals surface area contributed by atoms with Gasteiger partial charge in [0.25, 0.3) is 0 Å². The lowest BCUT2D eigenvalue weighted by molar-refractivity contribution is 0.687. The second-order valence-corrected chi connectivity index (χ2v) is 10.1. The van der Waals surface area contributed by atoms with Gasteiger partial charge in [-0.05, 0) is 96.7 Å². The van der Waals surface area contributed by atoms with E-state index in [4.69, 9.17) is 4.98 Å². The van der Waals surface area contributed by atoms with Gasteiger partial charge >= 0.3 is 0 Å². The van der Waals surface area contributed by atoms with Crippen molar-refractivity contribution in [3.05, 3.63) is 89.1 Å². The van der Waals surface area contributed by atoms with Gasteiger partial charge in [0.15, 0.2) is 0 Å². The minimum atomic E-state index is 1.04. The zero-order valence-electron chi connectivity index (χ0n) is 18.7. The van der Waals surface area contributed by atoms with Crippen molar-refractivity contribution in [2.45, 2.75) is 46.0 Å². The van der Waals surface area contributed by atoms with Gasteiger partial charge in [-0.1, -0.05) is 43.3 Å². The predicted molar refractivity (Wildman–Crippen MR) is 139 cm³/mol. The largest absolute Gasteiger partial charge is 0.256 e. The van der Waals surface area contributed by atoms with Gasteiger partial charge < -0.3 is 0 Å². The number of aryl methyl sites for hydroxylation is 3. The number of aromatic nitrogens is 1. The van der Waals surface area contributed by atoms with Crippen LogP contribution in [0.25, 0.3) is 42.6 Å². The molecular weight excluding hydrogens is 406 g/mol. The van der Waals surface area contributed by atoms with E-state index < -0.39 is 0 Å². The van der Waals surface area contributed by atoms with E-state index in [0.29, 0.717) is 0 Å². The smallest absolute Gasteiger partial charge is 0.0705 e. The number of rotatable bonds is 3. The second kappa shape index (κ2) is 7.86. The quantitative estimate of drug-likeness (QED) is 0.278. The Morgan fingerprint density at radius 1 is 0.844 bits per heavy atom. The predicted octanol–water partition coefficient (Wildman–Crippen LogP) is 8.53. The maximum atomic E-state index is 4.73. The summed E-state index contributed by atoms with van der Waals surface area (Å²) in [6.07, 6.45) is 8.12. The van der Waals surface area contributed by atoms with Gasteiger partial charge in [-0.15, -0.1) is 11.3 Å². The first-order chi connectivity index (χ1) is 15.7. The summed E-state index contributed by atoms with van der Waals surface area (Å²) < 4.78 is 2.72. The summed E-state index contributed by atoms with van der Waals surface area (Å²) in [6, 6.07) is 23.0. The van der Waals surface area contributed by atoms with E-state index in [1.54, 1.807) is 11.1 Å². The Balaban J connectivity index is 1.46. The molecule has 0 atom stereocenters. The molecule has 0 fully saturated rings. The van der Waals surface area contributed by atoms with Gasteiger partial charge in [0.05, 0.1) is 5.69 Å². The molecule has 0 spiro atoms. The molecule has 0 saturated heterocycles. The summed E-state index contributed by atoms with van der Waals surface area (Å²) in [5, 5.41) is 2.69. The van der Waals surface area contributed by atoms with Crippen LogP contribution in [-0.4, -0.2) is 4.98 Å². The Labute approximate surface area is 193 Å². The van der Waals surface area contributed by atoms with Crippen LogP contribution in [0.1, 0.15) is 42.0 Å². The van der Waals surface area contributed by atoms with Crippen LogP contribution in [0.15, 0.2) is 66.9 Å². The summed E-state index contributed by atoms with van der Waals surface area (Å²) in [7, 11) is 0. The van der Waals surface area contributed by atoms with Gasteiger partial charge in [0.1, 0.15) is 0 Å². The van der Waals surface area contributed by atoms with Crippen LogP contribution >= 0.6 is 11.3 Å². The molecule has 0 radical (unpaired) electrons. The first-order valence-corrected chi connectivity index (χ1v) is 12.6. The molecule has 1 nitrogen and oxygen atoms in total. The Kier molecular flexibility index (Phi) is 4.84. The number of hydrogen-bond donors (Lipinski definition) is 0. The lowest BCUT2D eigenvalue weighted by Gasteiger charge is -2.19. The lowest BCUT2D eigenvalue weighted by Crippen LogP contribution is -2.04. The summed E-state index contributed by atoms with van der Waals surface area (Å²) in [5.74, 6) is 0. The lowest BCUT2D eigenvalue weighted by atomic mass is 9.86. The third-order valence-electron chi connectivity index (χ3n) is 7.07. The Morgan fingerprint density at radius 2 is 1.72 bits per heavy atom. The number of fused-ring (bicyclic) bond motifs is 4. The van der Waals surface area contributed by atoms with Crippen molar-refractivity contribution in [2.75, 3.05) is 0 Å². The molecule has 0 bridgehead atoms. The molecule has 1 aliphatic rings. The van der Waals surface area contributed by atoms with Crippen LogP contribution in [0.3, 0.4) is 0 Å². The minimum absolute atomic E-state index is 1.04. The number of benzene rings is 3. The minimum Gasteiger partial charge on any atom is -0.256 e. The zero-order valence-corrected chi connectivity index (χ0v) is 19.6. The molecule has 2 heterocycles. The summed E-state index contributed by atoms with van der Waals surface area (Å²) in [6.45, 7) is 4.36. The van der Waals surface area contributed by atoms with E-state index in [0.717, 1.165) is 12.1 Å². The molecule has 0 saturated carbocycles. The highest BCUT2D eigenvalue weighted by atomic mass is 32.1. The molecule has 2 heteroatoms. The number of hydrogen-bond acceptors (Lipinski definition) is 2. The van der Waals surface area contributed by atoms with E-state index in [2.05, 4.69) is 74.5 Å². The third-order valence-corrected chi connectivity index (χ3v) is 8.20. The molecule has 5 aromatic rings. The number of pyridine rings is 1. The molecule has 0 amide bonds. The van der Waals surface area contributed by atoms with Crippen LogP contribution in [0.2, 0.25) is 0 Å². The average molecular weight is 434 g/mol. The molecule has 3 aromatic carbocycles. The molecule has 1 aliphatic carbocycles. The summed E-state index contributed by atoms with van der Waals surface area (Å²) in [5.41, 5.74) is 10.8. The highest BCUT2D eigenvalue weighted by Crippen LogP contribution is 2.39. The van der Waals surface area contributed by atoms with Gasteiger partial charge in [-0.25, -0.2) is 0 Å². The van der Waals surface area contributed by atoms with Crippen molar-refractivity contribution in [3.8, 4) is 22.4 Å². The maximum Gasteiger partial charge on any atom is 0.0705 e. The first-order valence-electron chi connectivity index (χ1n) is 11.7. The maximum absolute atomic E-state index is 4.73. The van der Waals surface area contributed by atoms with Gasteiger partial charge in [-0.3, -0.25) is 4.98 Å². The Bertz CT molecular complexity index is 1470. The highest BCUT2D eigenvalue weighted by Gasteiger charge is 2.15. The van der Waals surface area contributed by atoms with E-state index in [1.165, 1.54) is 73.7 Å². The molecule has 6 rings (SSSR count). The van der Waals surface area contributed by atoms with Crippen molar-refractivity contribution in [3.63, 3.8) is 0 Å². The van der Waals surface area contributed by atoms with E-state index >= 15 is 0 Å². The van der Waals surface area contributed by atoms with Gasteiger partial charge in [-0.2, -0.15) is 0 Å². The topological polar surface area (TPSA) is 12.9 Å². The highest BCUT2D eigenvalue weighted by molar-refractivity contribution is 7.25. The molecule has 158 valence electrons. The normalized spacial score (nSPS) is 13.6. The SMILES string of the molecule is CCc1cc(-c2ccc3sc4cc(-c5cccc6c5CCCC6)ccc4c3c2)ncc1C. The fraction of sp³-hybridized carbons (Fsp3) is 0.233. The molecule has 0 aliphatic heterocycles. The fourth-order valence-corrected chi connectivity index (χ4v) is 6.39. The van der Waals surface area contributed by atoms with Crippen molar-refractivity contribution in [1.29, 1.82) is 0 Å². The van der Waals surface area contributed by atoms with E-state index in [1.807, 2.05) is 17.5 Å². The Hall–Kier alpha value is -2.97. The summed E-state index contributed by atoms with van der Waals surface area (Å²) in [4.78, 5) is 4.73. The van der Waals surface area contributed by atoms with Crippen molar-refractivity contribution < 1.29 is 0 Å². The molecule has 0 N–H and O–H groups in total. The molecule has 32 heavy (non-hydrogen) atoms. The van der Waals surface area contributed by atoms with Crippen LogP contribution in [0.5, 0.6) is 0 Å². The van der Waals surface area contributed by atoms with Gasteiger partial charge in [0.2, 0.25) is 0 Å². The van der Waals surface area contributed by atoms with Gasteiger partial charge in [0, 0.05) is 31.9 Å². The first kappa shape index (κ1) is 19.7. The average Bonchev–Trinajstić information content (AvgIpc) is 3.21.